The van der Waals surface area contributed by atoms with E-state index >= 15 is 0 Å². The Hall–Kier alpha value is -2.34. The molecule has 0 saturated heterocycles. The lowest BCUT2D eigenvalue weighted by atomic mass is 10.2. The third-order valence-corrected chi connectivity index (χ3v) is 3.13. The van der Waals surface area contributed by atoms with Crippen LogP contribution in [0.1, 0.15) is 0 Å². The summed E-state index contributed by atoms with van der Waals surface area (Å²) in [6.45, 7) is 0. The Bertz CT molecular complexity index is 685. The van der Waals surface area contributed by atoms with E-state index in [0.717, 1.165) is 5.13 Å². The fourth-order valence-electron chi connectivity index (χ4n) is 1.60. The van der Waals surface area contributed by atoms with Gasteiger partial charge in [0, 0.05) is 17.8 Å². The van der Waals surface area contributed by atoms with Crippen molar-refractivity contribution in [3.05, 3.63) is 53.9 Å². The van der Waals surface area contributed by atoms with Crippen molar-refractivity contribution in [2.45, 2.75) is 0 Å². The highest BCUT2D eigenvalue weighted by atomic mass is 32.1. The van der Waals surface area contributed by atoms with Gasteiger partial charge in [-0.25, -0.2) is 19.3 Å². The number of thiazole rings is 1. The first kappa shape index (κ1) is 11.7. The smallest absolute Gasteiger partial charge is 0.188 e. The third-order valence-electron chi connectivity index (χ3n) is 2.44. The maximum atomic E-state index is 13.7. The molecule has 0 amide bonds. The number of hydrogen-bond acceptors (Lipinski definition) is 5. The normalized spacial score (nSPS) is 10.4. The molecule has 0 spiro atoms. The molecule has 0 unspecified atom stereocenters. The van der Waals surface area contributed by atoms with Crippen LogP contribution in [0, 0.1) is 5.82 Å². The van der Waals surface area contributed by atoms with Crippen molar-refractivity contribution in [1.82, 2.24) is 15.0 Å². The van der Waals surface area contributed by atoms with Gasteiger partial charge in [-0.05, 0) is 18.2 Å². The molecule has 0 aliphatic heterocycles. The van der Waals surface area contributed by atoms with E-state index in [2.05, 4.69) is 20.3 Å². The van der Waals surface area contributed by atoms with Gasteiger partial charge in [-0.3, -0.25) is 0 Å². The Morgan fingerprint density at radius 2 is 1.95 bits per heavy atom. The van der Waals surface area contributed by atoms with Crippen molar-refractivity contribution in [1.29, 1.82) is 0 Å². The minimum absolute atomic E-state index is 0.339. The Morgan fingerprint density at radius 3 is 2.74 bits per heavy atom. The second kappa shape index (κ2) is 5.11. The summed E-state index contributed by atoms with van der Waals surface area (Å²) in [5.41, 5.74) is 0.380. The molecule has 1 N–H and O–H groups in total. The lowest BCUT2D eigenvalue weighted by Gasteiger charge is -2.05. The maximum absolute atomic E-state index is 13.7. The zero-order chi connectivity index (χ0) is 13.1. The molecular formula is C13H9FN4S. The van der Waals surface area contributed by atoms with Gasteiger partial charge in [0.1, 0.15) is 11.6 Å². The monoisotopic (exact) mass is 272 g/mol. The van der Waals surface area contributed by atoms with E-state index in [0.29, 0.717) is 17.2 Å². The van der Waals surface area contributed by atoms with Crippen LogP contribution in [-0.2, 0) is 0 Å². The Labute approximate surface area is 113 Å². The van der Waals surface area contributed by atoms with Crippen LogP contribution < -0.4 is 5.32 Å². The second-order valence-electron chi connectivity index (χ2n) is 3.71. The van der Waals surface area contributed by atoms with E-state index in [1.807, 2.05) is 5.38 Å². The predicted molar refractivity (Wildman–Crippen MR) is 72.8 cm³/mol. The highest BCUT2D eigenvalue weighted by Gasteiger charge is 2.08. The maximum Gasteiger partial charge on any atom is 0.188 e. The Balaban J connectivity index is 1.94. The van der Waals surface area contributed by atoms with E-state index in [4.69, 9.17) is 0 Å². The molecule has 0 saturated carbocycles. The standard InChI is InChI=1S/C13H9FN4S/c14-10-4-2-1-3-9(10)12-15-6-5-11(17-12)18-13-16-7-8-19-13/h1-8H,(H,15,16,17,18). The van der Waals surface area contributed by atoms with Gasteiger partial charge in [0.25, 0.3) is 0 Å². The number of anilines is 2. The second-order valence-corrected chi connectivity index (χ2v) is 4.60. The summed E-state index contributed by atoms with van der Waals surface area (Å²) in [4.78, 5) is 12.5. The highest BCUT2D eigenvalue weighted by molar-refractivity contribution is 7.13. The van der Waals surface area contributed by atoms with Gasteiger partial charge in [0.05, 0.1) is 5.56 Å². The first-order valence-electron chi connectivity index (χ1n) is 5.57. The first-order valence-corrected chi connectivity index (χ1v) is 6.45. The van der Waals surface area contributed by atoms with E-state index in [1.54, 1.807) is 36.7 Å². The summed E-state index contributed by atoms with van der Waals surface area (Å²) in [5.74, 6) is 0.594. The van der Waals surface area contributed by atoms with Gasteiger partial charge < -0.3 is 5.32 Å². The first-order chi connectivity index (χ1) is 9.33. The summed E-state index contributed by atoms with van der Waals surface area (Å²) in [7, 11) is 0. The van der Waals surface area contributed by atoms with Crippen LogP contribution in [0.15, 0.2) is 48.1 Å². The fraction of sp³-hybridized carbons (Fsp3) is 0. The molecular weight excluding hydrogens is 263 g/mol. The lowest BCUT2D eigenvalue weighted by molar-refractivity contribution is 0.630. The predicted octanol–water partition coefficient (Wildman–Crippen LogP) is 3.48. The van der Waals surface area contributed by atoms with Crippen LogP contribution in [0.5, 0.6) is 0 Å². The molecule has 0 radical (unpaired) electrons. The molecule has 2 aromatic heterocycles. The molecule has 0 fully saturated rings. The zero-order valence-corrected chi connectivity index (χ0v) is 10.6. The Kier molecular flexibility index (Phi) is 3.16. The van der Waals surface area contributed by atoms with Gasteiger partial charge in [0.15, 0.2) is 11.0 Å². The van der Waals surface area contributed by atoms with Crippen molar-refractivity contribution in [2.24, 2.45) is 0 Å². The number of nitrogens with zero attached hydrogens (tertiary/aromatic N) is 3. The largest absolute Gasteiger partial charge is 0.316 e. The molecule has 1 aromatic carbocycles. The summed E-state index contributed by atoms with van der Waals surface area (Å²) in [6.07, 6.45) is 3.29. The molecule has 0 bridgehead atoms. The van der Waals surface area contributed by atoms with E-state index < -0.39 is 0 Å². The average molecular weight is 272 g/mol. The van der Waals surface area contributed by atoms with Crippen molar-refractivity contribution >= 4 is 22.3 Å². The third kappa shape index (κ3) is 2.58. The molecule has 0 aliphatic rings. The van der Waals surface area contributed by atoms with Crippen molar-refractivity contribution in [2.75, 3.05) is 5.32 Å². The summed E-state index contributed by atoms with van der Waals surface area (Å²) < 4.78 is 13.7. The van der Waals surface area contributed by atoms with Crippen LogP contribution in [-0.4, -0.2) is 15.0 Å². The van der Waals surface area contributed by atoms with Crippen LogP contribution >= 0.6 is 11.3 Å². The summed E-state index contributed by atoms with van der Waals surface area (Å²) >= 11 is 1.47. The van der Waals surface area contributed by atoms with Crippen molar-refractivity contribution in [3.8, 4) is 11.4 Å². The van der Waals surface area contributed by atoms with Crippen LogP contribution in [0.3, 0.4) is 0 Å². The minimum Gasteiger partial charge on any atom is -0.316 e. The number of halogens is 1. The van der Waals surface area contributed by atoms with Gasteiger partial charge >= 0.3 is 0 Å². The number of hydrogen-bond donors (Lipinski definition) is 1. The molecule has 0 atom stereocenters. The topological polar surface area (TPSA) is 50.7 Å². The SMILES string of the molecule is Fc1ccccc1-c1nccc(Nc2nccs2)n1. The van der Waals surface area contributed by atoms with Gasteiger partial charge in [-0.2, -0.15) is 0 Å². The molecule has 3 rings (SSSR count). The molecule has 3 aromatic rings. The number of rotatable bonds is 3. The number of aromatic nitrogens is 3. The minimum atomic E-state index is -0.339. The number of nitrogens with one attached hydrogen (secondary N) is 1. The molecule has 4 nitrogen and oxygen atoms in total. The van der Waals surface area contributed by atoms with Gasteiger partial charge in [-0.15, -0.1) is 11.3 Å². The van der Waals surface area contributed by atoms with Crippen molar-refractivity contribution in [3.63, 3.8) is 0 Å². The molecule has 19 heavy (non-hydrogen) atoms. The molecule has 2 heterocycles. The van der Waals surface area contributed by atoms with E-state index in [1.165, 1.54) is 17.4 Å². The van der Waals surface area contributed by atoms with Crippen LogP contribution in [0.25, 0.3) is 11.4 Å². The average Bonchev–Trinajstić information content (AvgIpc) is 2.92. The summed E-state index contributed by atoms with van der Waals surface area (Å²) in [6, 6.07) is 8.14. The van der Waals surface area contributed by atoms with Crippen LogP contribution in [0.4, 0.5) is 15.3 Å². The lowest BCUT2D eigenvalue weighted by Crippen LogP contribution is -1.97. The Morgan fingerprint density at radius 1 is 1.05 bits per heavy atom. The number of benzene rings is 1. The van der Waals surface area contributed by atoms with Crippen molar-refractivity contribution < 1.29 is 4.39 Å². The molecule has 6 heteroatoms. The van der Waals surface area contributed by atoms with E-state index in [9.17, 15) is 4.39 Å². The van der Waals surface area contributed by atoms with Gasteiger partial charge in [0.2, 0.25) is 0 Å². The molecule has 94 valence electrons. The zero-order valence-electron chi connectivity index (χ0n) is 9.75. The quantitative estimate of drug-likeness (QED) is 0.793. The fourth-order valence-corrected chi connectivity index (χ4v) is 2.13. The summed E-state index contributed by atoms with van der Waals surface area (Å²) in [5, 5.41) is 5.64. The van der Waals surface area contributed by atoms with Crippen LogP contribution in [0.2, 0.25) is 0 Å². The van der Waals surface area contributed by atoms with E-state index in [-0.39, 0.29) is 5.82 Å². The van der Waals surface area contributed by atoms with Gasteiger partial charge in [-0.1, -0.05) is 12.1 Å². The molecule has 0 aliphatic carbocycles. The highest BCUT2D eigenvalue weighted by Crippen LogP contribution is 2.21.